The first-order valence-electron chi connectivity index (χ1n) is 7.83. The Kier molecular flexibility index (Phi) is 5.78. The van der Waals surface area contributed by atoms with E-state index in [1.54, 1.807) is 0 Å². The normalized spacial score (nSPS) is 17.4. The van der Waals surface area contributed by atoms with Crippen LogP contribution in [-0.2, 0) is 0 Å². The van der Waals surface area contributed by atoms with E-state index in [1.807, 2.05) is 12.1 Å². The Balaban J connectivity index is 2.15. The van der Waals surface area contributed by atoms with Gasteiger partial charge < -0.3 is 10.4 Å². The molecule has 2 rings (SSSR count). The largest absolute Gasteiger partial charge is 0.411 e. The van der Waals surface area contributed by atoms with E-state index >= 15 is 0 Å². The van der Waals surface area contributed by atoms with E-state index in [9.17, 15) is 5.21 Å². The molecule has 0 heterocycles. The number of rotatable bonds is 6. The second-order valence-electron chi connectivity index (χ2n) is 5.70. The molecule has 1 fully saturated rings. The van der Waals surface area contributed by atoms with Gasteiger partial charge in [-0.3, -0.25) is 0 Å². The molecule has 2 N–H and O–H groups in total. The summed E-state index contributed by atoms with van der Waals surface area (Å²) in [6, 6.07) is 8.12. The number of hydrogen-bond acceptors (Lipinski definition) is 4. The van der Waals surface area contributed by atoms with E-state index in [4.69, 9.17) is 5.21 Å². The molecule has 0 atom stereocenters. The zero-order valence-corrected chi connectivity index (χ0v) is 12.6. The number of oxime groups is 2. The Labute approximate surface area is 126 Å². The summed E-state index contributed by atoms with van der Waals surface area (Å²) in [5, 5.41) is 25.0. The minimum absolute atomic E-state index is 0.365. The van der Waals surface area contributed by atoms with Crippen molar-refractivity contribution in [1.82, 2.24) is 0 Å². The predicted molar refractivity (Wildman–Crippen MR) is 84.7 cm³/mol. The second kappa shape index (κ2) is 7.81. The first kappa shape index (κ1) is 15.5. The quantitative estimate of drug-likeness (QED) is 0.458. The van der Waals surface area contributed by atoms with E-state index in [0.29, 0.717) is 23.8 Å². The first-order valence-corrected chi connectivity index (χ1v) is 7.83. The molecule has 0 amide bonds. The lowest BCUT2D eigenvalue weighted by molar-refractivity contribution is 0.313. The van der Waals surface area contributed by atoms with Crippen LogP contribution >= 0.6 is 0 Å². The van der Waals surface area contributed by atoms with Gasteiger partial charge in [0.25, 0.3) is 0 Å². The molecule has 1 aliphatic carbocycles. The lowest BCUT2D eigenvalue weighted by atomic mass is 9.94. The van der Waals surface area contributed by atoms with Gasteiger partial charge in [-0.2, -0.15) is 0 Å². The molecule has 1 aromatic rings. The Hall–Kier alpha value is -1.84. The molecule has 4 heteroatoms. The number of hydrogen-bond donors (Lipinski definition) is 2. The highest BCUT2D eigenvalue weighted by atomic mass is 16.4. The van der Waals surface area contributed by atoms with Gasteiger partial charge >= 0.3 is 0 Å². The van der Waals surface area contributed by atoms with Crippen molar-refractivity contribution in [1.29, 1.82) is 0 Å². The summed E-state index contributed by atoms with van der Waals surface area (Å²) >= 11 is 0. The third-order valence-corrected chi connectivity index (χ3v) is 4.27. The van der Waals surface area contributed by atoms with Gasteiger partial charge in [0.05, 0.1) is 0 Å². The molecule has 0 bridgehead atoms. The highest BCUT2D eigenvalue weighted by Crippen LogP contribution is 2.34. The second-order valence-corrected chi connectivity index (χ2v) is 5.70. The van der Waals surface area contributed by atoms with Gasteiger partial charge in [0.15, 0.2) is 0 Å². The third-order valence-electron chi connectivity index (χ3n) is 4.27. The van der Waals surface area contributed by atoms with E-state index in [2.05, 4.69) is 29.4 Å². The molecule has 114 valence electrons. The summed E-state index contributed by atoms with van der Waals surface area (Å²) in [4.78, 5) is 0. The number of unbranched alkanes of at least 4 members (excludes halogenated alkanes) is 1. The van der Waals surface area contributed by atoms with Crippen LogP contribution in [0.2, 0.25) is 0 Å². The molecule has 1 aliphatic rings. The molecule has 0 saturated heterocycles. The summed E-state index contributed by atoms with van der Waals surface area (Å²) in [6.45, 7) is 2.07. The Morgan fingerprint density at radius 2 is 1.76 bits per heavy atom. The smallest absolute Gasteiger partial charge is 0.134 e. The fraction of sp³-hybridized carbons (Fsp3) is 0.529. The van der Waals surface area contributed by atoms with Gasteiger partial charge in [-0.25, -0.2) is 0 Å². The number of benzene rings is 1. The summed E-state index contributed by atoms with van der Waals surface area (Å²) in [5.74, 6) is 0.666. The number of nitrogens with zero attached hydrogens (tertiary/aromatic N) is 2. The van der Waals surface area contributed by atoms with Gasteiger partial charge in [0.2, 0.25) is 0 Å². The lowest BCUT2D eigenvalue weighted by Gasteiger charge is -2.11. The average Bonchev–Trinajstić information content (AvgIpc) is 3.06. The highest BCUT2D eigenvalue weighted by molar-refractivity contribution is 6.48. The molecule has 21 heavy (non-hydrogen) atoms. The topological polar surface area (TPSA) is 65.2 Å². The monoisotopic (exact) mass is 288 g/mol. The third kappa shape index (κ3) is 3.84. The van der Waals surface area contributed by atoms with Crippen LogP contribution < -0.4 is 0 Å². The van der Waals surface area contributed by atoms with Crippen molar-refractivity contribution in [3.63, 3.8) is 0 Å². The first-order chi connectivity index (χ1) is 10.3. The van der Waals surface area contributed by atoms with E-state index < -0.39 is 0 Å². The molecule has 4 nitrogen and oxygen atoms in total. The van der Waals surface area contributed by atoms with E-state index in [0.717, 1.165) is 18.4 Å². The SMILES string of the molecule is CCCCC(=NO)C(=NO)c1ccc(C2CCCC2)cc1. The van der Waals surface area contributed by atoms with Crippen LogP contribution in [0.3, 0.4) is 0 Å². The maximum Gasteiger partial charge on any atom is 0.134 e. The van der Waals surface area contributed by atoms with Crippen LogP contribution in [0.5, 0.6) is 0 Å². The predicted octanol–water partition coefficient (Wildman–Crippen LogP) is 4.54. The van der Waals surface area contributed by atoms with Gasteiger partial charge in [-0.05, 0) is 37.2 Å². The van der Waals surface area contributed by atoms with E-state index in [-0.39, 0.29) is 0 Å². The molecule has 0 aromatic heterocycles. The Morgan fingerprint density at radius 3 is 2.29 bits per heavy atom. The van der Waals surface area contributed by atoms with Crippen molar-refractivity contribution in [3.8, 4) is 0 Å². The molecule has 1 saturated carbocycles. The minimum atomic E-state index is 0.365. The van der Waals surface area contributed by atoms with Crippen LogP contribution in [-0.4, -0.2) is 21.8 Å². The molecular weight excluding hydrogens is 264 g/mol. The standard InChI is InChI=1S/C17H24N2O2/c1-2-3-8-16(18-20)17(19-21)15-11-9-14(10-12-15)13-6-4-5-7-13/h9-13,20-21H,2-8H2,1H3. The van der Waals surface area contributed by atoms with Crippen LogP contribution in [0.15, 0.2) is 34.6 Å². The van der Waals surface area contributed by atoms with Gasteiger partial charge in [0.1, 0.15) is 11.4 Å². The summed E-state index contributed by atoms with van der Waals surface area (Å²) in [7, 11) is 0. The van der Waals surface area contributed by atoms with Crippen LogP contribution in [0, 0.1) is 0 Å². The van der Waals surface area contributed by atoms with Gasteiger partial charge in [-0.1, -0.05) is 60.8 Å². The van der Waals surface area contributed by atoms with Crippen molar-refractivity contribution in [3.05, 3.63) is 35.4 Å². The zero-order chi connectivity index (χ0) is 15.1. The molecular formula is C17H24N2O2. The minimum Gasteiger partial charge on any atom is -0.411 e. The van der Waals surface area contributed by atoms with Crippen LogP contribution in [0.25, 0.3) is 0 Å². The molecule has 0 aliphatic heterocycles. The highest BCUT2D eigenvalue weighted by Gasteiger charge is 2.18. The van der Waals surface area contributed by atoms with Crippen molar-refractivity contribution >= 4 is 11.4 Å². The summed E-state index contributed by atoms with van der Waals surface area (Å²) < 4.78 is 0. The van der Waals surface area contributed by atoms with E-state index in [1.165, 1.54) is 31.2 Å². The maximum atomic E-state index is 9.26. The van der Waals surface area contributed by atoms with Crippen molar-refractivity contribution < 1.29 is 10.4 Å². The summed E-state index contributed by atoms with van der Waals surface area (Å²) in [5.41, 5.74) is 2.95. The average molecular weight is 288 g/mol. The molecule has 0 unspecified atom stereocenters. The molecule has 1 aromatic carbocycles. The molecule has 0 spiro atoms. The van der Waals surface area contributed by atoms with Gasteiger partial charge in [-0.15, -0.1) is 0 Å². The van der Waals surface area contributed by atoms with Gasteiger partial charge in [0, 0.05) is 5.56 Å². The fourth-order valence-corrected chi connectivity index (χ4v) is 3.01. The Bertz CT molecular complexity index is 500. The van der Waals surface area contributed by atoms with Crippen molar-refractivity contribution in [2.24, 2.45) is 10.3 Å². The van der Waals surface area contributed by atoms with Crippen LogP contribution in [0.4, 0.5) is 0 Å². The zero-order valence-electron chi connectivity index (χ0n) is 12.6. The van der Waals surface area contributed by atoms with Crippen molar-refractivity contribution in [2.75, 3.05) is 0 Å². The Morgan fingerprint density at radius 1 is 1.10 bits per heavy atom. The van der Waals surface area contributed by atoms with Crippen molar-refractivity contribution in [2.45, 2.75) is 57.8 Å². The van der Waals surface area contributed by atoms with Crippen LogP contribution in [0.1, 0.15) is 68.9 Å². The maximum absolute atomic E-state index is 9.26. The summed E-state index contributed by atoms with van der Waals surface area (Å²) in [6.07, 6.45) is 7.66. The molecule has 0 radical (unpaired) electrons. The lowest BCUT2D eigenvalue weighted by Crippen LogP contribution is -2.16. The fourth-order valence-electron chi connectivity index (χ4n) is 3.01.